The van der Waals surface area contributed by atoms with Crippen LogP contribution in [-0.4, -0.2) is 57.1 Å². The molecule has 1 aliphatic rings. The molecule has 1 fully saturated rings. The second-order valence-electron chi connectivity index (χ2n) is 6.34. The molecule has 6 nitrogen and oxygen atoms in total. The smallest absolute Gasteiger partial charge is 0.191 e. The summed E-state index contributed by atoms with van der Waals surface area (Å²) in [6.07, 6.45) is 1.27. The average Bonchev–Trinajstić information content (AvgIpc) is 3.16. The molecule has 1 saturated heterocycles. The van der Waals surface area contributed by atoms with Gasteiger partial charge >= 0.3 is 0 Å². The van der Waals surface area contributed by atoms with Crippen molar-refractivity contribution in [3.63, 3.8) is 0 Å². The van der Waals surface area contributed by atoms with E-state index < -0.39 is 6.10 Å². The highest BCUT2D eigenvalue weighted by atomic mass is 127. The third kappa shape index (κ3) is 9.43. The van der Waals surface area contributed by atoms with Crippen LogP contribution in [-0.2, 0) is 9.47 Å². The fourth-order valence-corrected chi connectivity index (χ4v) is 2.97. The molecule has 0 bridgehead atoms. The molecule has 3 N–H and O–H groups in total. The molecule has 2 atom stereocenters. The molecule has 0 spiro atoms. The van der Waals surface area contributed by atoms with Gasteiger partial charge in [-0.25, -0.2) is 0 Å². The molecule has 0 amide bonds. The van der Waals surface area contributed by atoms with Gasteiger partial charge in [0.2, 0.25) is 0 Å². The Morgan fingerprint density at radius 1 is 1.41 bits per heavy atom. The number of hydrogen-bond acceptors (Lipinski definition) is 4. The molecular formula is C19H31ClIN3O3. The zero-order valence-electron chi connectivity index (χ0n) is 15.8. The van der Waals surface area contributed by atoms with Gasteiger partial charge in [-0.15, -0.1) is 24.0 Å². The van der Waals surface area contributed by atoms with Crippen molar-refractivity contribution in [2.75, 3.05) is 46.1 Å². The molecule has 0 aliphatic carbocycles. The average molecular weight is 512 g/mol. The van der Waals surface area contributed by atoms with Gasteiger partial charge in [0.15, 0.2) is 5.96 Å². The molecular weight excluding hydrogens is 481 g/mol. The van der Waals surface area contributed by atoms with Gasteiger partial charge < -0.3 is 25.2 Å². The summed E-state index contributed by atoms with van der Waals surface area (Å²) in [7, 11) is 0. The van der Waals surface area contributed by atoms with E-state index in [2.05, 4.69) is 15.6 Å². The third-order valence-corrected chi connectivity index (χ3v) is 4.51. The van der Waals surface area contributed by atoms with Gasteiger partial charge in [0.25, 0.3) is 0 Å². The van der Waals surface area contributed by atoms with Crippen LogP contribution in [0, 0.1) is 5.92 Å². The van der Waals surface area contributed by atoms with Crippen molar-refractivity contribution in [1.29, 1.82) is 0 Å². The van der Waals surface area contributed by atoms with Crippen molar-refractivity contribution in [2.24, 2.45) is 10.9 Å². The van der Waals surface area contributed by atoms with Crippen molar-refractivity contribution in [3.05, 3.63) is 34.9 Å². The van der Waals surface area contributed by atoms with E-state index >= 15 is 0 Å². The maximum Gasteiger partial charge on any atom is 0.191 e. The summed E-state index contributed by atoms with van der Waals surface area (Å²) in [5, 5.41) is 17.3. The largest absolute Gasteiger partial charge is 0.386 e. The predicted molar refractivity (Wildman–Crippen MR) is 120 cm³/mol. The Hall–Kier alpha value is -0.610. The normalized spacial score (nSPS) is 18.0. The fourth-order valence-electron chi connectivity index (χ4n) is 2.71. The number of ether oxygens (including phenoxy) is 2. The number of guanidine groups is 1. The minimum absolute atomic E-state index is 0. The number of aliphatic imine (C=N–C) groups is 1. The lowest BCUT2D eigenvalue weighted by molar-refractivity contribution is 0.0888. The highest BCUT2D eigenvalue weighted by Crippen LogP contribution is 2.22. The number of aliphatic hydroxyl groups is 1. The molecule has 1 heterocycles. The molecule has 1 aliphatic heterocycles. The molecule has 0 radical (unpaired) electrons. The molecule has 2 unspecified atom stereocenters. The number of rotatable bonds is 10. The van der Waals surface area contributed by atoms with Gasteiger partial charge in [0, 0.05) is 42.8 Å². The first-order valence-electron chi connectivity index (χ1n) is 9.30. The van der Waals surface area contributed by atoms with Gasteiger partial charge in [-0.1, -0.05) is 29.8 Å². The Morgan fingerprint density at radius 3 is 2.93 bits per heavy atom. The Kier molecular flexibility index (Phi) is 13.0. The van der Waals surface area contributed by atoms with E-state index in [1.807, 2.05) is 25.1 Å². The number of hydrogen-bond donors (Lipinski definition) is 3. The van der Waals surface area contributed by atoms with Crippen LogP contribution in [0.4, 0.5) is 0 Å². The highest BCUT2D eigenvalue weighted by molar-refractivity contribution is 14.0. The first-order chi connectivity index (χ1) is 12.7. The number of halogens is 2. The molecule has 1 aromatic carbocycles. The molecule has 27 heavy (non-hydrogen) atoms. The van der Waals surface area contributed by atoms with Crippen LogP contribution < -0.4 is 10.6 Å². The van der Waals surface area contributed by atoms with E-state index in [1.54, 1.807) is 6.07 Å². The van der Waals surface area contributed by atoms with E-state index in [-0.39, 0.29) is 30.5 Å². The third-order valence-electron chi connectivity index (χ3n) is 4.17. The van der Waals surface area contributed by atoms with E-state index in [9.17, 15) is 5.11 Å². The first-order valence-corrected chi connectivity index (χ1v) is 9.68. The van der Waals surface area contributed by atoms with Crippen molar-refractivity contribution in [1.82, 2.24) is 10.6 Å². The second kappa shape index (κ2) is 14.4. The van der Waals surface area contributed by atoms with Crippen molar-refractivity contribution in [3.8, 4) is 0 Å². The van der Waals surface area contributed by atoms with Crippen LogP contribution in [0.2, 0.25) is 5.02 Å². The van der Waals surface area contributed by atoms with Gasteiger partial charge in [-0.3, -0.25) is 4.99 Å². The lowest BCUT2D eigenvalue weighted by Crippen LogP contribution is -2.38. The lowest BCUT2D eigenvalue weighted by Gasteiger charge is -2.14. The van der Waals surface area contributed by atoms with Gasteiger partial charge in [0.1, 0.15) is 6.10 Å². The Morgan fingerprint density at radius 2 is 2.22 bits per heavy atom. The molecule has 2 rings (SSSR count). The predicted octanol–water partition coefficient (Wildman–Crippen LogP) is 2.99. The zero-order chi connectivity index (χ0) is 18.6. The van der Waals surface area contributed by atoms with Crippen LogP contribution in [0.1, 0.15) is 31.4 Å². The monoisotopic (exact) mass is 511 g/mol. The summed E-state index contributed by atoms with van der Waals surface area (Å²) in [6.45, 7) is 6.94. The van der Waals surface area contributed by atoms with E-state index in [0.29, 0.717) is 29.1 Å². The summed E-state index contributed by atoms with van der Waals surface area (Å²) in [5.41, 5.74) is 0.693. The van der Waals surface area contributed by atoms with Crippen LogP contribution in [0.15, 0.2) is 29.3 Å². The van der Waals surface area contributed by atoms with E-state index in [0.717, 1.165) is 45.8 Å². The van der Waals surface area contributed by atoms with Crippen molar-refractivity contribution < 1.29 is 14.6 Å². The summed E-state index contributed by atoms with van der Waals surface area (Å²) in [4.78, 5) is 4.44. The van der Waals surface area contributed by atoms with Crippen LogP contribution in [0.25, 0.3) is 0 Å². The summed E-state index contributed by atoms with van der Waals surface area (Å²) in [6, 6.07) is 7.28. The lowest BCUT2D eigenvalue weighted by atomic mass is 10.1. The highest BCUT2D eigenvalue weighted by Gasteiger charge is 2.15. The van der Waals surface area contributed by atoms with Gasteiger partial charge in [0.05, 0.1) is 19.8 Å². The molecule has 0 aromatic heterocycles. The number of nitrogens with one attached hydrogen (secondary N) is 2. The van der Waals surface area contributed by atoms with Crippen LogP contribution in [0.3, 0.4) is 0 Å². The standard InChI is InChI=1S/C19H30ClN3O3.HI/c1-2-21-19(22-9-5-10-25-13-15-8-11-26-14-15)23-12-18(24)16-6-3-4-7-17(16)20;/h3-4,6-7,15,18,24H,2,5,8-14H2,1H3,(H2,21,22,23);1H. The van der Waals surface area contributed by atoms with E-state index in [1.165, 1.54) is 0 Å². The molecule has 8 heteroatoms. The van der Waals surface area contributed by atoms with Crippen molar-refractivity contribution in [2.45, 2.75) is 25.9 Å². The fraction of sp³-hybridized carbons (Fsp3) is 0.632. The zero-order valence-corrected chi connectivity index (χ0v) is 18.9. The van der Waals surface area contributed by atoms with E-state index in [4.69, 9.17) is 21.1 Å². The van der Waals surface area contributed by atoms with Crippen LogP contribution >= 0.6 is 35.6 Å². The number of benzene rings is 1. The SMILES string of the molecule is CCNC(=NCC(O)c1ccccc1Cl)NCCCOCC1CCOC1.I. The summed E-state index contributed by atoms with van der Waals surface area (Å²) < 4.78 is 11.0. The molecule has 154 valence electrons. The Balaban J connectivity index is 0.00000364. The quantitative estimate of drug-likeness (QED) is 0.195. The summed E-state index contributed by atoms with van der Waals surface area (Å²) >= 11 is 6.11. The first kappa shape index (κ1) is 24.4. The minimum atomic E-state index is -0.726. The topological polar surface area (TPSA) is 75.1 Å². The second-order valence-corrected chi connectivity index (χ2v) is 6.75. The number of nitrogens with zero attached hydrogens (tertiary/aromatic N) is 1. The van der Waals surface area contributed by atoms with Crippen molar-refractivity contribution >= 4 is 41.5 Å². The molecule has 1 aromatic rings. The minimum Gasteiger partial charge on any atom is -0.386 e. The Labute approximate surface area is 184 Å². The Bertz CT molecular complexity index is 557. The maximum absolute atomic E-state index is 10.3. The molecule has 0 saturated carbocycles. The summed E-state index contributed by atoms with van der Waals surface area (Å²) in [5.74, 6) is 1.23. The maximum atomic E-state index is 10.3. The van der Waals surface area contributed by atoms with Gasteiger partial charge in [-0.2, -0.15) is 0 Å². The van der Waals surface area contributed by atoms with Crippen LogP contribution in [0.5, 0.6) is 0 Å². The number of aliphatic hydroxyl groups excluding tert-OH is 1. The van der Waals surface area contributed by atoms with Gasteiger partial charge in [-0.05, 0) is 25.8 Å².